The van der Waals surface area contributed by atoms with Crippen LogP contribution in [0, 0.1) is 6.92 Å². The molecule has 8 nitrogen and oxygen atoms in total. The third-order valence-electron chi connectivity index (χ3n) is 5.12. The van der Waals surface area contributed by atoms with E-state index in [1.165, 1.54) is 15.8 Å². The van der Waals surface area contributed by atoms with Crippen LogP contribution in [0.2, 0.25) is 0 Å². The number of carboxylic acids is 1. The highest BCUT2D eigenvalue weighted by Gasteiger charge is 2.28. The number of carbonyl (C=O) groups excluding carboxylic acids is 1. The largest absolute Gasteiger partial charge is 0.476 e. The minimum absolute atomic E-state index is 0.00355. The normalized spacial score (nSPS) is 12.3. The Balaban J connectivity index is 1.34. The monoisotopic (exact) mass is 392 g/mol. The number of alkyl carbamates (subject to hydrolysis) is 1. The van der Waals surface area contributed by atoms with Gasteiger partial charge in [-0.1, -0.05) is 53.7 Å². The summed E-state index contributed by atoms with van der Waals surface area (Å²) in [5.74, 6) is -1.12. The lowest BCUT2D eigenvalue weighted by molar-refractivity contribution is 0.0689. The second kappa shape index (κ2) is 7.75. The molecule has 0 saturated carbocycles. The Hall–Kier alpha value is -3.68. The van der Waals surface area contributed by atoms with Gasteiger partial charge >= 0.3 is 12.1 Å². The van der Waals surface area contributed by atoms with Gasteiger partial charge in [0.25, 0.3) is 0 Å². The number of aromatic carboxylic acids is 1. The standard InChI is InChI=1S/C21H20N4O4/c1-13-19(20(26)27)23-24-25(13)11-10-22-21(28)29-12-18-16-8-4-2-6-14(16)15-7-3-5-9-17(15)18/h2-9,18H,10-12H2,1H3,(H,22,28)(H,26,27). The number of hydrogen-bond acceptors (Lipinski definition) is 5. The highest BCUT2D eigenvalue weighted by Crippen LogP contribution is 2.44. The van der Waals surface area contributed by atoms with Gasteiger partial charge in [0.05, 0.1) is 12.2 Å². The fourth-order valence-electron chi connectivity index (χ4n) is 3.68. The van der Waals surface area contributed by atoms with Gasteiger partial charge in [-0.15, -0.1) is 5.10 Å². The number of carboxylic acid groups (broad SMARTS) is 1. The van der Waals surface area contributed by atoms with Crippen molar-refractivity contribution in [3.05, 3.63) is 71.0 Å². The lowest BCUT2D eigenvalue weighted by Gasteiger charge is -2.14. The molecule has 0 atom stereocenters. The van der Waals surface area contributed by atoms with Crippen molar-refractivity contribution in [2.24, 2.45) is 0 Å². The average Bonchev–Trinajstić information content (AvgIpc) is 3.25. The first-order valence-electron chi connectivity index (χ1n) is 9.28. The lowest BCUT2D eigenvalue weighted by Crippen LogP contribution is -2.29. The summed E-state index contributed by atoms with van der Waals surface area (Å²) in [6.07, 6.45) is -0.525. The molecule has 29 heavy (non-hydrogen) atoms. The number of carbonyl (C=O) groups is 2. The Kier molecular flexibility index (Phi) is 4.99. The van der Waals surface area contributed by atoms with Crippen molar-refractivity contribution in [1.82, 2.24) is 20.3 Å². The summed E-state index contributed by atoms with van der Waals surface area (Å²) in [7, 11) is 0. The van der Waals surface area contributed by atoms with Crippen molar-refractivity contribution < 1.29 is 19.4 Å². The van der Waals surface area contributed by atoms with Gasteiger partial charge in [-0.2, -0.15) is 0 Å². The molecule has 0 spiro atoms. The van der Waals surface area contributed by atoms with Crippen molar-refractivity contribution in [2.45, 2.75) is 19.4 Å². The zero-order valence-electron chi connectivity index (χ0n) is 15.8. The highest BCUT2D eigenvalue weighted by molar-refractivity contribution is 5.86. The maximum atomic E-state index is 12.1. The summed E-state index contributed by atoms with van der Waals surface area (Å²) in [6, 6.07) is 16.3. The number of fused-ring (bicyclic) bond motifs is 3. The summed E-state index contributed by atoms with van der Waals surface area (Å²) in [5.41, 5.74) is 5.00. The van der Waals surface area contributed by atoms with Crippen LogP contribution in [0.5, 0.6) is 0 Å². The average molecular weight is 392 g/mol. The van der Waals surface area contributed by atoms with Gasteiger partial charge in [0, 0.05) is 12.5 Å². The molecule has 0 unspecified atom stereocenters. The maximum absolute atomic E-state index is 12.1. The van der Waals surface area contributed by atoms with Crippen LogP contribution in [0.3, 0.4) is 0 Å². The van der Waals surface area contributed by atoms with Crippen molar-refractivity contribution >= 4 is 12.1 Å². The van der Waals surface area contributed by atoms with E-state index in [0.29, 0.717) is 12.2 Å². The molecule has 2 aromatic carbocycles. The summed E-state index contributed by atoms with van der Waals surface area (Å²) >= 11 is 0. The molecule has 1 aromatic heterocycles. The summed E-state index contributed by atoms with van der Waals surface area (Å²) in [6.45, 7) is 2.42. The number of hydrogen-bond donors (Lipinski definition) is 2. The quantitative estimate of drug-likeness (QED) is 0.668. The van der Waals surface area contributed by atoms with E-state index in [0.717, 1.165) is 11.1 Å². The molecule has 148 valence electrons. The maximum Gasteiger partial charge on any atom is 0.407 e. The predicted octanol–water partition coefficient (Wildman–Crippen LogP) is 2.82. The number of aromatic nitrogens is 3. The summed E-state index contributed by atoms with van der Waals surface area (Å²) < 4.78 is 6.90. The molecule has 2 N–H and O–H groups in total. The van der Waals surface area contributed by atoms with Gasteiger partial charge in [-0.05, 0) is 29.2 Å². The zero-order chi connectivity index (χ0) is 20.4. The van der Waals surface area contributed by atoms with Gasteiger partial charge in [-0.25, -0.2) is 14.3 Å². The number of nitrogens with zero attached hydrogens (tertiary/aromatic N) is 3. The van der Waals surface area contributed by atoms with Gasteiger partial charge in [0.15, 0.2) is 5.69 Å². The third kappa shape index (κ3) is 3.56. The van der Waals surface area contributed by atoms with E-state index in [2.05, 4.69) is 39.9 Å². The number of rotatable bonds is 6. The minimum Gasteiger partial charge on any atom is -0.476 e. The molecule has 1 aliphatic rings. The van der Waals surface area contributed by atoms with E-state index in [4.69, 9.17) is 9.84 Å². The zero-order valence-corrected chi connectivity index (χ0v) is 15.8. The van der Waals surface area contributed by atoms with Gasteiger partial charge < -0.3 is 15.2 Å². The molecule has 0 saturated heterocycles. The number of ether oxygens (including phenoxy) is 1. The number of amides is 1. The van der Waals surface area contributed by atoms with Crippen LogP contribution in [0.4, 0.5) is 4.79 Å². The van der Waals surface area contributed by atoms with Gasteiger partial charge in [0.1, 0.15) is 6.61 Å². The van der Waals surface area contributed by atoms with E-state index >= 15 is 0 Å². The van der Waals surface area contributed by atoms with E-state index in [1.54, 1.807) is 6.92 Å². The Morgan fingerprint density at radius 2 is 1.72 bits per heavy atom. The van der Waals surface area contributed by atoms with E-state index < -0.39 is 12.1 Å². The molecule has 1 aliphatic carbocycles. The second-order valence-corrected chi connectivity index (χ2v) is 6.80. The van der Waals surface area contributed by atoms with Gasteiger partial charge in [0.2, 0.25) is 0 Å². The number of benzene rings is 2. The third-order valence-corrected chi connectivity index (χ3v) is 5.12. The molecule has 1 heterocycles. The van der Waals surface area contributed by atoms with Gasteiger partial charge in [-0.3, -0.25) is 0 Å². The molecule has 0 bridgehead atoms. The Bertz CT molecular complexity index is 1030. The van der Waals surface area contributed by atoms with Crippen LogP contribution in [0.15, 0.2) is 48.5 Å². The van der Waals surface area contributed by atoms with E-state index in [9.17, 15) is 9.59 Å². The first-order chi connectivity index (χ1) is 14.1. The van der Waals surface area contributed by atoms with Crippen molar-refractivity contribution in [3.63, 3.8) is 0 Å². The van der Waals surface area contributed by atoms with Crippen molar-refractivity contribution in [2.75, 3.05) is 13.2 Å². The fourth-order valence-corrected chi connectivity index (χ4v) is 3.68. The Labute approximate surface area is 167 Å². The predicted molar refractivity (Wildman–Crippen MR) is 105 cm³/mol. The highest BCUT2D eigenvalue weighted by atomic mass is 16.5. The second-order valence-electron chi connectivity index (χ2n) is 6.80. The van der Waals surface area contributed by atoms with Crippen LogP contribution in [-0.2, 0) is 11.3 Å². The summed E-state index contributed by atoms with van der Waals surface area (Å²) in [4.78, 5) is 23.1. The molecule has 4 rings (SSSR count). The van der Waals surface area contributed by atoms with Crippen LogP contribution in [-0.4, -0.2) is 45.3 Å². The van der Waals surface area contributed by atoms with Crippen LogP contribution >= 0.6 is 0 Å². The van der Waals surface area contributed by atoms with Crippen LogP contribution in [0.25, 0.3) is 11.1 Å². The first-order valence-corrected chi connectivity index (χ1v) is 9.28. The van der Waals surface area contributed by atoms with Crippen LogP contribution in [0.1, 0.15) is 33.2 Å². The topological polar surface area (TPSA) is 106 Å². The molecule has 0 aliphatic heterocycles. The molecular weight excluding hydrogens is 372 g/mol. The Morgan fingerprint density at radius 1 is 1.10 bits per heavy atom. The smallest absolute Gasteiger partial charge is 0.407 e. The molecule has 1 amide bonds. The first kappa shape index (κ1) is 18.7. The SMILES string of the molecule is Cc1c(C(=O)O)nnn1CCNC(=O)OCC1c2ccccc2-c2ccccc21. The Morgan fingerprint density at radius 3 is 2.31 bits per heavy atom. The number of nitrogens with one attached hydrogen (secondary N) is 1. The summed E-state index contributed by atoms with van der Waals surface area (Å²) in [5, 5.41) is 19.1. The fraction of sp³-hybridized carbons (Fsp3) is 0.238. The molecule has 0 fully saturated rings. The van der Waals surface area contributed by atoms with E-state index in [1.807, 2.05) is 24.3 Å². The van der Waals surface area contributed by atoms with Crippen LogP contribution < -0.4 is 5.32 Å². The minimum atomic E-state index is -1.13. The van der Waals surface area contributed by atoms with Crippen molar-refractivity contribution in [1.29, 1.82) is 0 Å². The molecule has 8 heteroatoms. The van der Waals surface area contributed by atoms with Crippen molar-refractivity contribution in [3.8, 4) is 11.1 Å². The van der Waals surface area contributed by atoms with E-state index in [-0.39, 0.29) is 24.8 Å². The molecular formula is C21H20N4O4. The molecule has 3 aromatic rings. The lowest BCUT2D eigenvalue weighted by atomic mass is 9.98. The molecule has 0 radical (unpaired) electrons.